The molecule has 2 fully saturated rings. The van der Waals surface area contributed by atoms with Gasteiger partial charge in [-0.3, -0.25) is 4.79 Å². The molecule has 2 heterocycles. The van der Waals surface area contributed by atoms with E-state index in [0.29, 0.717) is 45.2 Å². The Morgan fingerprint density at radius 1 is 1.30 bits per heavy atom. The fourth-order valence-electron chi connectivity index (χ4n) is 3.73. The first kappa shape index (κ1) is 19.6. The van der Waals surface area contributed by atoms with Crippen molar-refractivity contribution in [1.29, 1.82) is 0 Å². The largest absolute Gasteiger partial charge is 0.377 e. The van der Waals surface area contributed by atoms with Crippen molar-refractivity contribution in [2.45, 2.75) is 45.3 Å². The number of hydrogen-bond acceptors (Lipinski definition) is 3. The van der Waals surface area contributed by atoms with Crippen molar-refractivity contribution in [3.63, 3.8) is 0 Å². The summed E-state index contributed by atoms with van der Waals surface area (Å²) in [5, 5.41) is 2.91. The zero-order valence-electron chi connectivity index (χ0n) is 16.0. The number of urea groups is 1. The van der Waals surface area contributed by atoms with Gasteiger partial charge in [-0.15, -0.1) is 0 Å². The number of halogens is 1. The van der Waals surface area contributed by atoms with E-state index in [2.05, 4.69) is 19.2 Å². The molecule has 7 heteroatoms. The molecule has 1 aromatic carbocycles. The number of carbonyl (C=O) groups excluding carboxylic acids is 2. The van der Waals surface area contributed by atoms with Gasteiger partial charge in [0.15, 0.2) is 0 Å². The molecule has 1 N–H and O–H groups in total. The number of morpholine rings is 1. The Hall–Kier alpha value is -2.15. The van der Waals surface area contributed by atoms with Crippen molar-refractivity contribution in [2.75, 3.05) is 26.3 Å². The second-order valence-electron chi connectivity index (χ2n) is 7.73. The van der Waals surface area contributed by atoms with Crippen LogP contribution >= 0.6 is 0 Å². The van der Waals surface area contributed by atoms with Gasteiger partial charge >= 0.3 is 6.03 Å². The molecule has 6 nitrogen and oxygen atoms in total. The van der Waals surface area contributed by atoms with Crippen LogP contribution in [0.4, 0.5) is 9.18 Å². The summed E-state index contributed by atoms with van der Waals surface area (Å²) < 4.78 is 18.6. The molecule has 1 aromatic rings. The van der Waals surface area contributed by atoms with Crippen LogP contribution in [0, 0.1) is 11.7 Å². The van der Waals surface area contributed by atoms with E-state index in [-0.39, 0.29) is 23.8 Å². The molecule has 148 valence electrons. The van der Waals surface area contributed by atoms with Gasteiger partial charge in [-0.2, -0.15) is 0 Å². The van der Waals surface area contributed by atoms with E-state index < -0.39 is 6.04 Å². The third-order valence-corrected chi connectivity index (χ3v) is 5.11. The van der Waals surface area contributed by atoms with E-state index in [1.54, 1.807) is 21.9 Å². The SMILES string of the molecule is CC(C)C[C@H]1COCCN1C(=O)NC1CCN(Cc2ccc(F)cc2)C1=O. The molecular formula is C20H28FN3O3. The maximum absolute atomic E-state index is 13.0. The molecule has 27 heavy (non-hydrogen) atoms. The van der Waals surface area contributed by atoms with Crippen molar-refractivity contribution in [1.82, 2.24) is 15.1 Å². The highest BCUT2D eigenvalue weighted by atomic mass is 19.1. The van der Waals surface area contributed by atoms with Crippen molar-refractivity contribution in [3.05, 3.63) is 35.6 Å². The molecule has 2 atom stereocenters. The first-order chi connectivity index (χ1) is 12.9. The highest BCUT2D eigenvalue weighted by Gasteiger charge is 2.35. The average Bonchev–Trinajstić information content (AvgIpc) is 2.97. The normalized spacial score (nSPS) is 23.2. The second kappa shape index (κ2) is 8.69. The lowest BCUT2D eigenvalue weighted by molar-refractivity contribution is -0.129. The number of nitrogens with zero attached hydrogens (tertiary/aromatic N) is 2. The third-order valence-electron chi connectivity index (χ3n) is 5.11. The Labute approximate surface area is 159 Å². The molecular weight excluding hydrogens is 349 g/mol. The summed E-state index contributed by atoms with van der Waals surface area (Å²) in [5.74, 6) is 0.0887. The molecule has 0 saturated carbocycles. The molecule has 0 spiro atoms. The fraction of sp³-hybridized carbons (Fsp3) is 0.600. The second-order valence-corrected chi connectivity index (χ2v) is 7.73. The number of rotatable bonds is 5. The Bertz CT molecular complexity index is 665. The van der Waals surface area contributed by atoms with Gasteiger partial charge in [0.05, 0.1) is 19.3 Å². The maximum atomic E-state index is 13.0. The minimum absolute atomic E-state index is 0.0468. The number of ether oxygens (including phenoxy) is 1. The molecule has 3 rings (SSSR count). The van der Waals surface area contributed by atoms with Gasteiger partial charge < -0.3 is 19.9 Å². The summed E-state index contributed by atoms with van der Waals surface area (Å²) in [4.78, 5) is 28.9. The Kier molecular flexibility index (Phi) is 6.31. The number of amides is 3. The van der Waals surface area contributed by atoms with Gasteiger partial charge in [0.25, 0.3) is 0 Å². The van der Waals surface area contributed by atoms with Gasteiger partial charge in [-0.05, 0) is 36.5 Å². The van der Waals surface area contributed by atoms with E-state index in [1.807, 2.05) is 0 Å². The molecule has 3 amide bonds. The quantitative estimate of drug-likeness (QED) is 0.857. The topological polar surface area (TPSA) is 61.9 Å². The zero-order valence-corrected chi connectivity index (χ0v) is 16.0. The molecule has 0 aromatic heterocycles. The Balaban J connectivity index is 1.56. The summed E-state index contributed by atoms with van der Waals surface area (Å²) in [5.41, 5.74) is 0.877. The van der Waals surface area contributed by atoms with Crippen molar-refractivity contribution < 1.29 is 18.7 Å². The van der Waals surface area contributed by atoms with E-state index in [9.17, 15) is 14.0 Å². The number of hydrogen-bond donors (Lipinski definition) is 1. The van der Waals surface area contributed by atoms with Crippen LogP contribution in [0.15, 0.2) is 24.3 Å². The predicted octanol–water partition coefficient (Wildman–Crippen LogP) is 2.38. The lowest BCUT2D eigenvalue weighted by Crippen LogP contribution is -2.55. The summed E-state index contributed by atoms with van der Waals surface area (Å²) in [6.07, 6.45) is 1.47. The van der Waals surface area contributed by atoms with Crippen molar-refractivity contribution in [3.8, 4) is 0 Å². The minimum Gasteiger partial charge on any atom is -0.377 e. The molecule has 1 unspecified atom stereocenters. The van der Waals surface area contributed by atoms with E-state index in [0.717, 1.165) is 12.0 Å². The highest BCUT2D eigenvalue weighted by molar-refractivity contribution is 5.88. The summed E-state index contributed by atoms with van der Waals surface area (Å²) in [6.45, 7) is 6.87. The van der Waals surface area contributed by atoms with Crippen LogP contribution in [0.1, 0.15) is 32.3 Å². The summed E-state index contributed by atoms with van der Waals surface area (Å²) >= 11 is 0. The average molecular weight is 377 g/mol. The van der Waals surface area contributed by atoms with Crippen LogP contribution in [0.3, 0.4) is 0 Å². The zero-order chi connectivity index (χ0) is 19.4. The lowest BCUT2D eigenvalue weighted by atomic mass is 10.0. The van der Waals surface area contributed by atoms with Crippen molar-refractivity contribution >= 4 is 11.9 Å². The van der Waals surface area contributed by atoms with Crippen LogP contribution < -0.4 is 5.32 Å². The summed E-state index contributed by atoms with van der Waals surface area (Å²) in [7, 11) is 0. The molecule has 2 aliphatic rings. The summed E-state index contributed by atoms with van der Waals surface area (Å²) in [6, 6.07) is 5.50. The van der Waals surface area contributed by atoms with Crippen molar-refractivity contribution in [2.24, 2.45) is 5.92 Å². The van der Waals surface area contributed by atoms with E-state index in [1.165, 1.54) is 12.1 Å². The number of benzene rings is 1. The lowest BCUT2D eigenvalue weighted by Gasteiger charge is -2.37. The number of carbonyl (C=O) groups is 2. The Morgan fingerprint density at radius 2 is 2.04 bits per heavy atom. The molecule has 2 aliphatic heterocycles. The van der Waals surface area contributed by atoms with Crippen LogP contribution in [0.2, 0.25) is 0 Å². The van der Waals surface area contributed by atoms with Gasteiger partial charge in [0.2, 0.25) is 5.91 Å². The fourth-order valence-corrected chi connectivity index (χ4v) is 3.73. The number of nitrogens with one attached hydrogen (secondary N) is 1. The van der Waals surface area contributed by atoms with E-state index in [4.69, 9.17) is 4.74 Å². The first-order valence-corrected chi connectivity index (χ1v) is 9.62. The van der Waals surface area contributed by atoms with E-state index >= 15 is 0 Å². The molecule has 2 saturated heterocycles. The Morgan fingerprint density at radius 3 is 2.74 bits per heavy atom. The van der Waals surface area contributed by atoms with Gasteiger partial charge in [-0.25, -0.2) is 9.18 Å². The highest BCUT2D eigenvalue weighted by Crippen LogP contribution is 2.19. The van der Waals surface area contributed by atoms with Crippen LogP contribution in [0.25, 0.3) is 0 Å². The monoisotopic (exact) mass is 377 g/mol. The predicted molar refractivity (Wildman–Crippen MR) is 99.5 cm³/mol. The molecule has 0 aliphatic carbocycles. The van der Waals surface area contributed by atoms with Gasteiger partial charge in [-0.1, -0.05) is 26.0 Å². The van der Waals surface area contributed by atoms with Crippen LogP contribution in [-0.4, -0.2) is 60.1 Å². The van der Waals surface area contributed by atoms with Gasteiger partial charge in [0, 0.05) is 19.6 Å². The third kappa shape index (κ3) is 4.97. The smallest absolute Gasteiger partial charge is 0.318 e. The van der Waals surface area contributed by atoms with Crippen LogP contribution in [-0.2, 0) is 16.1 Å². The molecule has 0 bridgehead atoms. The maximum Gasteiger partial charge on any atom is 0.318 e. The number of likely N-dealkylation sites (tertiary alicyclic amines) is 1. The van der Waals surface area contributed by atoms with Crippen LogP contribution in [0.5, 0.6) is 0 Å². The molecule has 0 radical (unpaired) electrons. The first-order valence-electron chi connectivity index (χ1n) is 9.62. The standard InChI is InChI=1S/C20H28FN3O3/c1-14(2)11-17-13-27-10-9-24(17)20(26)22-18-7-8-23(19(18)25)12-15-3-5-16(21)6-4-15/h3-6,14,17-18H,7-13H2,1-2H3,(H,22,26)/t17-,18?/m0/s1. The minimum atomic E-state index is -0.500. The van der Waals surface area contributed by atoms with Gasteiger partial charge in [0.1, 0.15) is 11.9 Å².